The van der Waals surface area contributed by atoms with Crippen LogP contribution in [-0.4, -0.2) is 157 Å². The highest BCUT2D eigenvalue weighted by molar-refractivity contribution is 5.96. The molecule has 480 valence electrons. The second-order valence-electron chi connectivity index (χ2n) is 17.5. The molecule has 0 aromatic heterocycles. The van der Waals surface area contributed by atoms with Gasteiger partial charge in [0, 0.05) is 127 Å². The molecule has 6 N–H and O–H groups in total. The number of carbonyl (C=O) groups excluding carboxylic acids is 11. The molecule has 0 bridgehead atoms. The van der Waals surface area contributed by atoms with Gasteiger partial charge in [-0.3, -0.25) is 0 Å². The number of carboxylic acid groups (broad SMARTS) is 1. The van der Waals surface area contributed by atoms with E-state index in [0.29, 0.717) is 29.4 Å². The zero-order chi connectivity index (χ0) is 67.5. The first-order chi connectivity index (χ1) is 43.2. The highest BCUT2D eigenvalue weighted by atomic mass is 16.6. The van der Waals surface area contributed by atoms with Crippen LogP contribution in [0.4, 0.5) is 0 Å². The van der Waals surface area contributed by atoms with Gasteiger partial charge in [0.2, 0.25) is 0 Å². The van der Waals surface area contributed by atoms with Crippen LogP contribution in [0.5, 0.6) is 57.5 Å². The lowest BCUT2D eigenvalue weighted by Crippen LogP contribution is -2.35. The maximum Gasteiger partial charge on any atom is 0.336 e. The van der Waals surface area contributed by atoms with E-state index in [1.54, 1.807) is 0 Å². The summed E-state index contributed by atoms with van der Waals surface area (Å²) in [4.78, 5) is 142. The van der Waals surface area contributed by atoms with Gasteiger partial charge in [-0.15, -0.1) is 0 Å². The normalized spacial score (nSPS) is 15.3. The molecule has 31 nitrogen and oxygen atoms in total. The Hall–Kier alpha value is -12.3. The molecule has 2 heterocycles. The number of phenolic OH excluding ortho intramolecular Hbond substituents is 4. The van der Waals surface area contributed by atoms with Crippen molar-refractivity contribution in [1.82, 2.24) is 0 Å². The molecule has 0 amide bonds. The van der Waals surface area contributed by atoms with Crippen molar-refractivity contribution in [2.75, 3.05) is 42.7 Å². The topological polar surface area (TPSA) is 446 Å². The highest BCUT2D eigenvalue weighted by Gasteiger charge is 2.38. The van der Waals surface area contributed by atoms with Crippen LogP contribution in [-0.2, 0) is 104 Å². The summed E-state index contributed by atoms with van der Waals surface area (Å²) in [5.74, 6) is -14.2. The molecule has 0 aliphatic carbocycles. The van der Waals surface area contributed by atoms with Crippen LogP contribution in [0.2, 0.25) is 0 Å². The van der Waals surface area contributed by atoms with Crippen LogP contribution >= 0.6 is 0 Å². The van der Waals surface area contributed by atoms with E-state index in [4.69, 9.17) is 38.3 Å². The Labute approximate surface area is 513 Å². The zero-order valence-electron chi connectivity index (χ0n) is 48.3. The van der Waals surface area contributed by atoms with E-state index in [1.165, 1.54) is 49.6 Å². The first-order valence-electron chi connectivity index (χ1n) is 25.5. The van der Waals surface area contributed by atoms with Gasteiger partial charge >= 0.3 is 71.6 Å². The van der Waals surface area contributed by atoms with Gasteiger partial charge in [-0.05, 0) is 29.8 Å². The van der Waals surface area contributed by atoms with Crippen molar-refractivity contribution in [2.45, 2.75) is 37.3 Å². The standard InChI is InChI=1S/C40H34O21.C15H14O6.C5H6O4/c1-51-30(41)8-13-35(46)56-23-19-26(58-37(48)15-10-32(43)53-3)24-21-29(60-39(50)17-12-34(45)55-5)40(61-27(24)20-23)22-6-7-25(57-36(47)14-9-31(42)52-2)28(18-22)59-38(49)16-11-33(44)54-4;16-8-4-11(18)9-6-13(20)15(21-14(9)5-8)7-1-2-10(17)12(19)3-7;1-9-5(8)3-2-4(6)7/h6-20,29,40H,21H2,1-5H3;1-5,13,15-20H,6H2;2-3H,1H3,(H,6,7)/b13-8+,14-9+,15-10+,16-11+,17-12+;;3-2+/t29-,40-;13-,15-;/m11./s1. The lowest BCUT2D eigenvalue weighted by Gasteiger charge is -2.34. The van der Waals surface area contributed by atoms with E-state index < -0.39 is 108 Å². The third-order valence-corrected chi connectivity index (χ3v) is 11.4. The van der Waals surface area contributed by atoms with Crippen molar-refractivity contribution in [3.8, 4) is 57.5 Å². The van der Waals surface area contributed by atoms with Crippen LogP contribution in [0.1, 0.15) is 34.5 Å². The maximum absolute atomic E-state index is 13.0. The molecule has 4 aromatic carbocycles. The van der Waals surface area contributed by atoms with Gasteiger partial charge in [0.1, 0.15) is 46.7 Å². The van der Waals surface area contributed by atoms with Crippen molar-refractivity contribution in [1.29, 1.82) is 0 Å². The number of esters is 11. The molecule has 91 heavy (non-hydrogen) atoms. The third kappa shape index (κ3) is 22.8. The van der Waals surface area contributed by atoms with Crippen molar-refractivity contribution in [3.63, 3.8) is 0 Å². The van der Waals surface area contributed by atoms with Crippen molar-refractivity contribution >= 4 is 71.6 Å². The number of aliphatic carboxylic acids is 1. The molecule has 4 aromatic rings. The van der Waals surface area contributed by atoms with Gasteiger partial charge in [0.15, 0.2) is 29.1 Å². The second-order valence-corrected chi connectivity index (χ2v) is 17.5. The Morgan fingerprint density at radius 2 is 0.813 bits per heavy atom. The number of rotatable bonds is 19. The van der Waals surface area contributed by atoms with Gasteiger partial charge in [0.05, 0.1) is 48.8 Å². The Morgan fingerprint density at radius 1 is 0.396 bits per heavy atom. The number of aliphatic hydroxyl groups excluding tert-OH is 1. The summed E-state index contributed by atoms with van der Waals surface area (Å²) in [5, 5.41) is 56.3. The predicted octanol–water partition coefficient (Wildman–Crippen LogP) is 2.89. The SMILES string of the molecule is COC(=O)/C=C/C(=O)O.COC(=O)/C=C/C(=O)Oc1cc(OC(=O)/C=C/C(=O)OC)c2c(c1)O[C@H](c1ccc(OC(=O)/C=C/C(=O)OC)c(OC(=O)/C=C/C(=O)OC)c1)[C@H](OC(=O)/C=C/C(=O)OC)C2.Oc1cc(O)c2c(c1)O[C@H](c1ccc(O)c(O)c1)[C@H](O)C2. The minimum Gasteiger partial charge on any atom is -0.508 e. The number of aromatic hydroxyl groups is 4. The number of benzene rings is 4. The maximum atomic E-state index is 13.0. The van der Waals surface area contributed by atoms with E-state index in [9.17, 15) is 83.1 Å². The summed E-state index contributed by atoms with van der Waals surface area (Å²) < 4.78 is 65.4. The number of phenols is 4. The number of ether oxygens (including phenoxy) is 13. The predicted molar refractivity (Wildman–Crippen MR) is 300 cm³/mol. The fraction of sp³-hybridized carbons (Fsp3) is 0.200. The van der Waals surface area contributed by atoms with Crippen LogP contribution < -0.4 is 28.4 Å². The van der Waals surface area contributed by atoms with Crippen molar-refractivity contribution < 1.29 is 150 Å². The second kappa shape index (κ2) is 34.8. The summed E-state index contributed by atoms with van der Waals surface area (Å²) >= 11 is 0. The van der Waals surface area contributed by atoms with Gasteiger partial charge in [-0.2, -0.15) is 0 Å². The molecule has 2 aliphatic rings. The molecular weight excluding hydrogens is 1220 g/mol. The van der Waals surface area contributed by atoms with Gasteiger partial charge in [-0.1, -0.05) is 12.1 Å². The Bertz CT molecular complexity index is 3620. The smallest absolute Gasteiger partial charge is 0.336 e. The first-order valence-corrected chi connectivity index (χ1v) is 25.5. The van der Waals surface area contributed by atoms with Crippen LogP contribution in [0, 0.1) is 0 Å². The fourth-order valence-electron chi connectivity index (χ4n) is 7.28. The van der Waals surface area contributed by atoms with Crippen molar-refractivity contribution in [3.05, 3.63) is 156 Å². The number of carbonyl (C=O) groups is 12. The number of fused-ring (bicyclic) bond motifs is 2. The quantitative estimate of drug-likeness (QED) is 0.0258. The summed E-state index contributed by atoms with van der Waals surface area (Å²) in [6, 6.07) is 12.5. The number of carboxylic acids is 1. The molecule has 6 rings (SSSR count). The molecule has 0 saturated carbocycles. The Morgan fingerprint density at radius 3 is 1.31 bits per heavy atom. The lowest BCUT2D eigenvalue weighted by molar-refractivity contribution is -0.150. The Balaban J connectivity index is 0.000000475. The molecule has 0 radical (unpaired) electrons. The number of hydrogen-bond acceptors (Lipinski definition) is 30. The third-order valence-electron chi connectivity index (χ3n) is 11.4. The monoisotopic (exact) mass is 1270 g/mol. The number of hydrogen-bond donors (Lipinski definition) is 6. The van der Waals surface area contributed by atoms with E-state index >= 15 is 0 Å². The molecule has 0 unspecified atom stereocenters. The van der Waals surface area contributed by atoms with Crippen molar-refractivity contribution in [2.24, 2.45) is 0 Å². The van der Waals surface area contributed by atoms with E-state index in [-0.39, 0.29) is 70.0 Å². The minimum absolute atomic E-state index is 0.0262. The average Bonchev–Trinajstić information content (AvgIpc) is 0.814. The van der Waals surface area contributed by atoms with E-state index in [0.717, 1.165) is 108 Å². The van der Waals surface area contributed by atoms with Crippen LogP contribution in [0.25, 0.3) is 0 Å². The fourth-order valence-corrected chi connectivity index (χ4v) is 7.28. The molecule has 4 atom stereocenters. The summed E-state index contributed by atoms with van der Waals surface area (Å²) in [5.41, 5.74) is 0.956. The zero-order valence-corrected chi connectivity index (χ0v) is 48.3. The highest BCUT2D eigenvalue weighted by Crippen LogP contribution is 2.46. The Kier molecular flexibility index (Phi) is 27.2. The average molecular weight is 1270 g/mol. The van der Waals surface area contributed by atoms with Gasteiger partial charge < -0.3 is 92.2 Å². The lowest BCUT2D eigenvalue weighted by atomic mass is 9.93. The van der Waals surface area contributed by atoms with E-state index in [1.807, 2.05) is 0 Å². The van der Waals surface area contributed by atoms with Gasteiger partial charge in [-0.25, -0.2) is 57.5 Å². The molecule has 0 spiro atoms. The summed E-state index contributed by atoms with van der Waals surface area (Å²) in [6.45, 7) is 0. The number of methoxy groups -OCH3 is 6. The molecule has 0 fully saturated rings. The summed E-state index contributed by atoms with van der Waals surface area (Å²) in [7, 11) is 6.51. The molecule has 31 heteroatoms. The molecule has 2 aliphatic heterocycles. The number of aliphatic hydroxyl groups is 1. The van der Waals surface area contributed by atoms with Crippen LogP contribution in [0.3, 0.4) is 0 Å². The first kappa shape index (κ1) is 71.2. The van der Waals surface area contributed by atoms with Crippen LogP contribution in [0.15, 0.2) is 134 Å². The summed E-state index contributed by atoms with van der Waals surface area (Å²) in [6.07, 6.45) is 4.21. The van der Waals surface area contributed by atoms with Gasteiger partial charge in [0.25, 0.3) is 0 Å². The largest absolute Gasteiger partial charge is 0.508 e. The van der Waals surface area contributed by atoms with E-state index in [2.05, 4.69) is 28.4 Å². The molecular formula is C60H54O31. The minimum atomic E-state index is -1.41. The molecule has 0 saturated heterocycles.